The van der Waals surface area contributed by atoms with E-state index in [1.165, 1.54) is 0 Å². The molecule has 0 amide bonds. The Labute approximate surface area is 143 Å². The molecule has 0 aliphatic rings. The average molecular weight is 381 g/mol. The minimum atomic E-state index is 0.522. The summed E-state index contributed by atoms with van der Waals surface area (Å²) in [6, 6.07) is 7.54. The van der Waals surface area contributed by atoms with Crippen LogP contribution in [0.15, 0.2) is 41.1 Å². The van der Waals surface area contributed by atoms with Crippen molar-refractivity contribution < 1.29 is 4.74 Å². The quantitative estimate of drug-likeness (QED) is 0.750. The first kappa shape index (κ1) is 16.6. The van der Waals surface area contributed by atoms with Crippen LogP contribution in [0.2, 0.25) is 0 Å². The van der Waals surface area contributed by atoms with Crippen LogP contribution in [0.4, 0.5) is 5.82 Å². The Balaban J connectivity index is 1.84. The van der Waals surface area contributed by atoms with Crippen LogP contribution in [0.1, 0.15) is 12.6 Å². The number of ether oxygens (including phenoxy) is 1. The molecule has 0 radical (unpaired) electrons. The van der Waals surface area contributed by atoms with E-state index in [2.05, 4.69) is 36.5 Å². The topological polar surface area (TPSA) is 59.1 Å². The molecule has 2 rings (SSSR count). The number of nitrogens with zero attached hydrogens (tertiary/aromatic N) is 2. The van der Waals surface area contributed by atoms with Crippen molar-refractivity contribution in [3.8, 4) is 5.75 Å². The molecule has 0 aliphatic heterocycles. The molecule has 22 heavy (non-hydrogen) atoms. The molecule has 0 aliphatic carbocycles. The van der Waals surface area contributed by atoms with Gasteiger partial charge in [0, 0.05) is 25.4 Å². The molecule has 7 heteroatoms. The molecule has 2 N–H and O–H groups in total. The first-order valence-electron chi connectivity index (χ1n) is 6.92. The summed E-state index contributed by atoms with van der Waals surface area (Å²) in [6.07, 6.45) is 4.19. The molecule has 0 unspecified atom stereocenters. The number of halogens is 1. The van der Waals surface area contributed by atoms with Gasteiger partial charge in [-0.15, -0.1) is 0 Å². The predicted octanol–water partition coefficient (Wildman–Crippen LogP) is 3.17. The van der Waals surface area contributed by atoms with Gasteiger partial charge < -0.3 is 15.4 Å². The van der Waals surface area contributed by atoms with E-state index in [0.717, 1.165) is 22.3 Å². The van der Waals surface area contributed by atoms with Gasteiger partial charge in [-0.1, -0.05) is 0 Å². The largest absolute Gasteiger partial charge is 0.492 e. The molecule has 116 valence electrons. The monoisotopic (exact) mass is 380 g/mol. The second-order valence-corrected chi connectivity index (χ2v) is 5.61. The van der Waals surface area contributed by atoms with Crippen LogP contribution in [0, 0.1) is 0 Å². The number of hydrogen-bond donors (Lipinski definition) is 2. The lowest BCUT2D eigenvalue weighted by Gasteiger charge is -2.12. The maximum Gasteiger partial charge on any atom is 0.171 e. The van der Waals surface area contributed by atoms with Gasteiger partial charge >= 0.3 is 0 Å². The van der Waals surface area contributed by atoms with Crippen molar-refractivity contribution in [1.82, 2.24) is 15.3 Å². The number of aromatic nitrogens is 2. The summed E-state index contributed by atoms with van der Waals surface area (Å²) in [4.78, 5) is 8.55. The van der Waals surface area contributed by atoms with E-state index in [1.807, 2.05) is 31.2 Å². The Morgan fingerprint density at radius 1 is 1.27 bits per heavy atom. The van der Waals surface area contributed by atoms with E-state index >= 15 is 0 Å². The van der Waals surface area contributed by atoms with Gasteiger partial charge in [0.1, 0.15) is 11.6 Å². The number of thiocarbonyl (C=S) groups is 1. The third-order valence-corrected chi connectivity index (χ3v) is 3.67. The number of nitrogens with one attached hydrogen (secondary N) is 2. The SMILES string of the molecule is CCOc1cccnc1CCNC(=S)Nc1ncccc1Br. The minimum absolute atomic E-state index is 0.522. The van der Waals surface area contributed by atoms with Crippen molar-refractivity contribution in [3.05, 3.63) is 46.8 Å². The third-order valence-electron chi connectivity index (χ3n) is 2.79. The molecular weight excluding hydrogens is 364 g/mol. The number of rotatable bonds is 6. The Morgan fingerprint density at radius 2 is 2.05 bits per heavy atom. The zero-order valence-electron chi connectivity index (χ0n) is 12.2. The fourth-order valence-corrected chi connectivity index (χ4v) is 2.37. The smallest absolute Gasteiger partial charge is 0.171 e. The van der Waals surface area contributed by atoms with Crippen LogP contribution < -0.4 is 15.4 Å². The van der Waals surface area contributed by atoms with Gasteiger partial charge in [0.05, 0.1) is 16.8 Å². The summed E-state index contributed by atoms with van der Waals surface area (Å²) < 4.78 is 6.41. The summed E-state index contributed by atoms with van der Waals surface area (Å²) in [7, 11) is 0. The molecule has 5 nitrogen and oxygen atoms in total. The van der Waals surface area contributed by atoms with Gasteiger partial charge in [-0.3, -0.25) is 4.98 Å². The molecule has 0 saturated carbocycles. The van der Waals surface area contributed by atoms with E-state index in [0.29, 0.717) is 24.1 Å². The van der Waals surface area contributed by atoms with Gasteiger partial charge in [-0.2, -0.15) is 0 Å². The van der Waals surface area contributed by atoms with Crippen LogP contribution in [0.5, 0.6) is 5.75 Å². The maximum atomic E-state index is 5.55. The first-order valence-corrected chi connectivity index (χ1v) is 8.13. The van der Waals surface area contributed by atoms with Crippen molar-refractivity contribution >= 4 is 39.1 Å². The highest BCUT2D eigenvalue weighted by atomic mass is 79.9. The molecule has 0 aromatic carbocycles. The Morgan fingerprint density at radius 3 is 2.82 bits per heavy atom. The fraction of sp³-hybridized carbons (Fsp3) is 0.267. The van der Waals surface area contributed by atoms with Gasteiger partial charge in [0.2, 0.25) is 0 Å². The molecule has 0 saturated heterocycles. The highest BCUT2D eigenvalue weighted by Gasteiger charge is 2.05. The van der Waals surface area contributed by atoms with E-state index in [1.54, 1.807) is 12.4 Å². The molecule has 2 heterocycles. The van der Waals surface area contributed by atoms with Crippen LogP contribution in [0.25, 0.3) is 0 Å². The lowest BCUT2D eigenvalue weighted by molar-refractivity contribution is 0.334. The maximum absolute atomic E-state index is 5.55. The van der Waals surface area contributed by atoms with Gasteiger partial charge in [-0.25, -0.2) is 4.98 Å². The molecule has 0 atom stereocenters. The van der Waals surface area contributed by atoms with E-state index in [-0.39, 0.29) is 0 Å². The van der Waals surface area contributed by atoms with Gasteiger partial charge in [-0.05, 0) is 59.3 Å². The summed E-state index contributed by atoms with van der Waals surface area (Å²) >= 11 is 8.68. The normalized spacial score (nSPS) is 10.1. The van der Waals surface area contributed by atoms with Crippen LogP contribution >= 0.6 is 28.1 Å². The standard InChI is InChI=1S/C15H17BrN4OS/c1-2-21-13-6-4-8-17-12(13)7-10-19-15(22)20-14-11(16)5-3-9-18-14/h3-6,8-9H,2,7,10H2,1H3,(H2,18,19,20,22). The van der Waals surface area contributed by atoms with Crippen molar-refractivity contribution in [3.63, 3.8) is 0 Å². The second kappa shape index (κ2) is 8.65. The van der Waals surface area contributed by atoms with E-state index in [9.17, 15) is 0 Å². The van der Waals surface area contributed by atoms with E-state index < -0.39 is 0 Å². The van der Waals surface area contributed by atoms with Crippen LogP contribution in [0.3, 0.4) is 0 Å². The molecule has 2 aromatic rings. The molecule has 0 spiro atoms. The van der Waals surface area contributed by atoms with E-state index in [4.69, 9.17) is 17.0 Å². The number of hydrogen-bond acceptors (Lipinski definition) is 4. The highest BCUT2D eigenvalue weighted by molar-refractivity contribution is 9.10. The van der Waals surface area contributed by atoms with Gasteiger partial charge in [0.25, 0.3) is 0 Å². The van der Waals surface area contributed by atoms with Crippen LogP contribution in [-0.2, 0) is 6.42 Å². The Bertz CT molecular complexity index is 638. The lowest BCUT2D eigenvalue weighted by atomic mass is 10.2. The van der Waals surface area contributed by atoms with Crippen molar-refractivity contribution in [2.45, 2.75) is 13.3 Å². The molecule has 0 bridgehead atoms. The van der Waals surface area contributed by atoms with Crippen molar-refractivity contribution in [1.29, 1.82) is 0 Å². The number of anilines is 1. The summed E-state index contributed by atoms with van der Waals surface area (Å²) in [5.41, 5.74) is 0.915. The second-order valence-electron chi connectivity index (χ2n) is 4.35. The summed E-state index contributed by atoms with van der Waals surface area (Å²) in [6.45, 7) is 3.24. The number of pyridine rings is 2. The average Bonchev–Trinajstić information content (AvgIpc) is 2.51. The van der Waals surface area contributed by atoms with Crippen molar-refractivity contribution in [2.75, 3.05) is 18.5 Å². The summed E-state index contributed by atoms with van der Waals surface area (Å²) in [5, 5.41) is 6.71. The lowest BCUT2D eigenvalue weighted by Crippen LogP contribution is -2.30. The van der Waals surface area contributed by atoms with Gasteiger partial charge in [0.15, 0.2) is 5.11 Å². The zero-order valence-corrected chi connectivity index (χ0v) is 14.6. The molecule has 2 aromatic heterocycles. The zero-order chi connectivity index (χ0) is 15.8. The Kier molecular flexibility index (Phi) is 6.54. The van der Waals surface area contributed by atoms with Crippen LogP contribution in [-0.4, -0.2) is 28.2 Å². The van der Waals surface area contributed by atoms with Crippen molar-refractivity contribution in [2.24, 2.45) is 0 Å². The third kappa shape index (κ3) is 4.92. The molecule has 0 fully saturated rings. The minimum Gasteiger partial charge on any atom is -0.492 e. The summed E-state index contributed by atoms with van der Waals surface area (Å²) in [5.74, 6) is 1.51. The highest BCUT2D eigenvalue weighted by Crippen LogP contribution is 2.18. The fourth-order valence-electron chi connectivity index (χ4n) is 1.82. The predicted molar refractivity (Wildman–Crippen MR) is 95.3 cm³/mol. The Hall–Kier alpha value is -1.73. The first-order chi connectivity index (χ1) is 10.7. The molecular formula is C15H17BrN4OS.